The fraction of sp³-hybridized carbons (Fsp3) is 0.375. The van der Waals surface area contributed by atoms with Crippen LogP contribution >= 0.6 is 23.1 Å². The fourth-order valence-corrected chi connectivity index (χ4v) is 5.11. The molecule has 2 aliphatic rings. The standard InChI is InChI=1S/C16H17N3O2S2/c20-10-2-4-11(5-3-10)22-14-8-17-16(23-14)15(21)19-13-7-9-1-6-12(13)18-9/h2-5,8-9,12-13,18,20H,1,6-7H2,(H,19,21)/t9-,12+,13-/m1/s1. The van der Waals surface area contributed by atoms with Gasteiger partial charge in [0, 0.05) is 23.0 Å². The number of carbonyl (C=O) groups is 1. The minimum Gasteiger partial charge on any atom is -0.508 e. The van der Waals surface area contributed by atoms with Crippen LogP contribution in [-0.4, -0.2) is 34.1 Å². The molecule has 7 heteroatoms. The van der Waals surface area contributed by atoms with Crippen molar-refractivity contribution in [1.29, 1.82) is 0 Å². The smallest absolute Gasteiger partial charge is 0.280 e. The summed E-state index contributed by atoms with van der Waals surface area (Å²) in [7, 11) is 0. The molecule has 2 aromatic rings. The van der Waals surface area contributed by atoms with E-state index in [0.29, 0.717) is 17.1 Å². The number of nitrogens with one attached hydrogen (secondary N) is 2. The molecule has 2 fully saturated rings. The third-order valence-corrected chi connectivity index (χ3v) is 6.46. The molecular weight excluding hydrogens is 330 g/mol. The van der Waals surface area contributed by atoms with Crippen molar-refractivity contribution in [2.75, 3.05) is 0 Å². The quantitative estimate of drug-likeness (QED) is 0.793. The molecule has 3 N–H and O–H groups in total. The van der Waals surface area contributed by atoms with E-state index >= 15 is 0 Å². The molecule has 3 heterocycles. The van der Waals surface area contributed by atoms with Crippen LogP contribution in [0.2, 0.25) is 0 Å². The molecule has 0 radical (unpaired) electrons. The normalized spacial score (nSPS) is 25.7. The lowest BCUT2D eigenvalue weighted by molar-refractivity contribution is 0.0930. The van der Waals surface area contributed by atoms with Crippen molar-refractivity contribution in [2.45, 2.75) is 46.5 Å². The number of benzene rings is 1. The van der Waals surface area contributed by atoms with Crippen LogP contribution in [0.4, 0.5) is 0 Å². The first-order valence-electron chi connectivity index (χ1n) is 7.67. The second-order valence-corrected chi connectivity index (χ2v) is 8.35. The zero-order chi connectivity index (χ0) is 15.8. The summed E-state index contributed by atoms with van der Waals surface area (Å²) in [6.45, 7) is 0. The van der Waals surface area contributed by atoms with Crippen LogP contribution in [0.5, 0.6) is 5.75 Å². The van der Waals surface area contributed by atoms with Gasteiger partial charge in [-0.05, 0) is 43.5 Å². The Kier molecular flexibility index (Phi) is 4.00. The van der Waals surface area contributed by atoms with E-state index < -0.39 is 0 Å². The lowest BCUT2D eigenvalue weighted by atomic mass is 9.95. The van der Waals surface area contributed by atoms with Crippen molar-refractivity contribution in [3.05, 3.63) is 35.5 Å². The molecule has 2 saturated heterocycles. The maximum atomic E-state index is 12.4. The number of thiazole rings is 1. The topological polar surface area (TPSA) is 74.2 Å². The summed E-state index contributed by atoms with van der Waals surface area (Å²) in [6, 6.07) is 8.23. The Morgan fingerprint density at radius 2 is 2.17 bits per heavy atom. The molecule has 4 rings (SSSR count). The van der Waals surface area contributed by atoms with Gasteiger partial charge in [0.15, 0.2) is 5.01 Å². The first-order chi connectivity index (χ1) is 11.2. The molecule has 0 unspecified atom stereocenters. The number of rotatable bonds is 4. The van der Waals surface area contributed by atoms with Crippen LogP contribution < -0.4 is 10.6 Å². The molecule has 2 aliphatic heterocycles. The molecule has 1 aromatic carbocycles. The van der Waals surface area contributed by atoms with Gasteiger partial charge in [0.05, 0.1) is 10.4 Å². The zero-order valence-corrected chi connectivity index (χ0v) is 14.0. The second-order valence-electron chi connectivity index (χ2n) is 5.94. The van der Waals surface area contributed by atoms with Gasteiger partial charge in [-0.2, -0.15) is 0 Å². The Balaban J connectivity index is 1.39. The number of hydrogen-bond acceptors (Lipinski definition) is 6. The van der Waals surface area contributed by atoms with Crippen LogP contribution in [0.25, 0.3) is 0 Å². The summed E-state index contributed by atoms with van der Waals surface area (Å²) in [6.07, 6.45) is 5.13. The molecule has 1 aromatic heterocycles. The van der Waals surface area contributed by atoms with Gasteiger partial charge in [0.25, 0.3) is 5.91 Å². The molecule has 1 amide bonds. The van der Waals surface area contributed by atoms with E-state index in [1.165, 1.54) is 17.8 Å². The van der Waals surface area contributed by atoms with E-state index in [9.17, 15) is 9.90 Å². The molecule has 0 saturated carbocycles. The van der Waals surface area contributed by atoms with Gasteiger partial charge in [-0.15, -0.1) is 11.3 Å². The van der Waals surface area contributed by atoms with E-state index in [1.54, 1.807) is 30.1 Å². The second kappa shape index (κ2) is 6.14. The van der Waals surface area contributed by atoms with Gasteiger partial charge in [0.1, 0.15) is 5.75 Å². The van der Waals surface area contributed by atoms with Crippen LogP contribution in [0.1, 0.15) is 29.1 Å². The highest BCUT2D eigenvalue weighted by Crippen LogP contribution is 2.33. The van der Waals surface area contributed by atoms with Crippen LogP contribution in [0.15, 0.2) is 39.6 Å². The average Bonchev–Trinajstić information content (AvgIpc) is 3.26. The minimum atomic E-state index is -0.0769. The van der Waals surface area contributed by atoms with Crippen molar-refractivity contribution in [3.63, 3.8) is 0 Å². The number of nitrogens with zero attached hydrogens (tertiary/aromatic N) is 1. The Bertz CT molecular complexity index is 716. The van der Waals surface area contributed by atoms with E-state index in [-0.39, 0.29) is 17.7 Å². The van der Waals surface area contributed by atoms with Crippen molar-refractivity contribution >= 4 is 29.0 Å². The molecule has 5 nitrogen and oxygen atoms in total. The SMILES string of the molecule is O=C(N[C@@H]1C[C@H]2CC[C@@H]1N2)c1ncc(Sc2ccc(O)cc2)s1. The van der Waals surface area contributed by atoms with Gasteiger partial charge in [0.2, 0.25) is 0 Å². The van der Waals surface area contributed by atoms with E-state index in [2.05, 4.69) is 15.6 Å². The molecule has 0 aliphatic carbocycles. The van der Waals surface area contributed by atoms with Crippen molar-refractivity contribution in [3.8, 4) is 5.75 Å². The number of phenols is 1. The highest BCUT2D eigenvalue weighted by atomic mass is 32.2. The Labute approximate surface area is 142 Å². The molecule has 120 valence electrons. The number of fused-ring (bicyclic) bond motifs is 2. The predicted molar refractivity (Wildman–Crippen MR) is 90.2 cm³/mol. The average molecular weight is 347 g/mol. The largest absolute Gasteiger partial charge is 0.508 e. The monoisotopic (exact) mass is 347 g/mol. The fourth-order valence-electron chi connectivity index (χ4n) is 3.26. The third-order valence-electron chi connectivity index (χ3n) is 4.35. The highest BCUT2D eigenvalue weighted by Gasteiger charge is 2.39. The van der Waals surface area contributed by atoms with Crippen molar-refractivity contribution in [2.24, 2.45) is 0 Å². The maximum Gasteiger partial charge on any atom is 0.280 e. The van der Waals surface area contributed by atoms with Crippen LogP contribution in [0.3, 0.4) is 0 Å². The highest BCUT2D eigenvalue weighted by molar-refractivity contribution is 8.01. The van der Waals surface area contributed by atoms with Gasteiger partial charge in [-0.25, -0.2) is 4.98 Å². The summed E-state index contributed by atoms with van der Waals surface area (Å²) in [5, 5.41) is 16.4. The number of amides is 1. The Morgan fingerprint density at radius 1 is 1.35 bits per heavy atom. The van der Waals surface area contributed by atoms with Crippen molar-refractivity contribution < 1.29 is 9.90 Å². The zero-order valence-electron chi connectivity index (χ0n) is 12.4. The lowest BCUT2D eigenvalue weighted by Gasteiger charge is -2.20. The maximum absolute atomic E-state index is 12.4. The Hall–Kier alpha value is -1.57. The van der Waals surface area contributed by atoms with E-state index in [4.69, 9.17) is 0 Å². The Morgan fingerprint density at radius 3 is 2.87 bits per heavy atom. The molecule has 23 heavy (non-hydrogen) atoms. The minimum absolute atomic E-state index is 0.0769. The van der Waals surface area contributed by atoms with Gasteiger partial charge in [-0.3, -0.25) is 4.79 Å². The summed E-state index contributed by atoms with van der Waals surface area (Å²) in [5.41, 5.74) is 0. The molecule has 3 atom stereocenters. The number of carbonyl (C=O) groups excluding carboxylic acids is 1. The van der Waals surface area contributed by atoms with Crippen LogP contribution in [-0.2, 0) is 0 Å². The van der Waals surface area contributed by atoms with Gasteiger partial charge < -0.3 is 15.7 Å². The van der Waals surface area contributed by atoms with Crippen molar-refractivity contribution in [1.82, 2.24) is 15.6 Å². The molecule has 2 bridgehead atoms. The van der Waals surface area contributed by atoms with Gasteiger partial charge >= 0.3 is 0 Å². The summed E-state index contributed by atoms with van der Waals surface area (Å²) >= 11 is 2.94. The number of phenolic OH excluding ortho intramolecular Hbond substituents is 1. The number of aromatic hydroxyl groups is 1. The van der Waals surface area contributed by atoms with E-state index in [1.807, 2.05) is 12.1 Å². The summed E-state index contributed by atoms with van der Waals surface area (Å²) < 4.78 is 0.965. The van der Waals surface area contributed by atoms with E-state index in [0.717, 1.165) is 21.9 Å². The number of hydrogen-bond donors (Lipinski definition) is 3. The number of aromatic nitrogens is 1. The first kappa shape index (κ1) is 15.0. The third kappa shape index (κ3) is 3.22. The van der Waals surface area contributed by atoms with Crippen LogP contribution in [0, 0.1) is 0 Å². The first-order valence-corrected chi connectivity index (χ1v) is 9.30. The lowest BCUT2D eigenvalue weighted by Crippen LogP contribution is -2.42. The predicted octanol–water partition coefficient (Wildman–Crippen LogP) is 2.62. The summed E-state index contributed by atoms with van der Waals surface area (Å²) in [4.78, 5) is 17.6. The molecular formula is C16H17N3O2S2. The van der Waals surface area contributed by atoms with Gasteiger partial charge in [-0.1, -0.05) is 11.8 Å². The molecule has 0 spiro atoms. The summed E-state index contributed by atoms with van der Waals surface area (Å²) in [5.74, 6) is 0.171.